The quantitative estimate of drug-likeness (QED) is 0.232. The first-order valence-electron chi connectivity index (χ1n) is 13.6. The highest BCUT2D eigenvalue weighted by atomic mass is 32.2. The fraction of sp³-hybridized carbons (Fsp3) is 0.741. The van der Waals surface area contributed by atoms with Crippen LogP contribution in [-0.4, -0.2) is 51.8 Å². The maximum atomic E-state index is 13.5. The molecule has 4 N–H and O–H groups in total. The van der Waals surface area contributed by atoms with Crippen molar-refractivity contribution in [1.29, 1.82) is 0 Å². The summed E-state index contributed by atoms with van der Waals surface area (Å²) < 4.78 is 52.7. The molecule has 38 heavy (non-hydrogen) atoms. The summed E-state index contributed by atoms with van der Waals surface area (Å²) in [5, 5.41) is 5.84. The minimum Gasteiger partial charge on any atom is -0.377 e. The van der Waals surface area contributed by atoms with Gasteiger partial charge in [-0.3, -0.25) is 5.14 Å². The number of aromatic nitrogens is 2. The number of nitrogens with zero attached hydrogens (tertiary/aromatic N) is 2. The van der Waals surface area contributed by atoms with Gasteiger partial charge in [0, 0.05) is 39.5 Å². The molecular weight excluding hydrogens is 526 g/mol. The standard InChI is InChI=1S/C27H44F2N4O3SSi/c1-26(2,37(31)34)13-20(16-36-21-14-27(28,29)15-21)25-32-22-9-8-19(24(30)18-6-7-18)12-23(22)33(25)17-35-10-11-38(3,4)5/h8-9,12,18,20-21,24H,6-7,10-11,13-17,30-31H2,1-5H3/t20-,24+,37?/m0/s1. The zero-order chi connectivity index (χ0) is 27.9. The lowest BCUT2D eigenvalue weighted by Gasteiger charge is -2.36. The first-order chi connectivity index (χ1) is 17.7. The Morgan fingerprint density at radius 3 is 2.53 bits per heavy atom. The smallest absolute Gasteiger partial charge is 0.253 e. The minimum absolute atomic E-state index is 0.0166. The summed E-state index contributed by atoms with van der Waals surface area (Å²) in [6.07, 6.45) is 1.68. The molecule has 2 fully saturated rings. The Labute approximate surface area is 228 Å². The molecule has 4 rings (SSSR count). The van der Waals surface area contributed by atoms with E-state index in [1.807, 2.05) is 26.0 Å². The van der Waals surface area contributed by atoms with E-state index in [0.29, 0.717) is 25.7 Å². The molecule has 0 bridgehead atoms. The number of rotatable bonds is 14. The molecule has 7 nitrogen and oxygen atoms in total. The zero-order valence-corrected chi connectivity index (χ0v) is 25.2. The highest BCUT2D eigenvalue weighted by Crippen LogP contribution is 2.42. The Hall–Kier alpha value is -1.24. The van der Waals surface area contributed by atoms with E-state index in [4.69, 9.17) is 25.3 Å². The summed E-state index contributed by atoms with van der Waals surface area (Å²) in [5.74, 6) is -1.72. The molecular formula is C27H44F2N4O3SSi. The van der Waals surface area contributed by atoms with Crippen molar-refractivity contribution in [2.45, 2.75) is 107 Å². The molecule has 0 amide bonds. The fourth-order valence-electron chi connectivity index (χ4n) is 4.95. The molecule has 11 heteroatoms. The largest absolute Gasteiger partial charge is 0.377 e. The monoisotopic (exact) mass is 570 g/mol. The third kappa shape index (κ3) is 7.48. The van der Waals surface area contributed by atoms with Crippen LogP contribution >= 0.6 is 0 Å². The summed E-state index contributed by atoms with van der Waals surface area (Å²) in [4.78, 5) is 4.98. The maximum Gasteiger partial charge on any atom is 0.253 e. The molecule has 1 heterocycles. The highest BCUT2D eigenvalue weighted by molar-refractivity contribution is 7.84. The van der Waals surface area contributed by atoms with E-state index in [1.54, 1.807) is 0 Å². The third-order valence-corrected chi connectivity index (χ3v) is 10.7. The zero-order valence-electron chi connectivity index (χ0n) is 23.3. The summed E-state index contributed by atoms with van der Waals surface area (Å²) in [5.41, 5.74) is 9.34. The van der Waals surface area contributed by atoms with Crippen LogP contribution in [0, 0.1) is 5.92 Å². The molecule has 2 aliphatic rings. The van der Waals surface area contributed by atoms with Gasteiger partial charge in [0.15, 0.2) is 0 Å². The molecule has 1 aromatic heterocycles. The van der Waals surface area contributed by atoms with Crippen LogP contribution in [0.15, 0.2) is 18.2 Å². The number of alkyl halides is 2. The van der Waals surface area contributed by atoms with Crippen molar-refractivity contribution in [2.75, 3.05) is 13.2 Å². The fourth-order valence-corrected chi connectivity index (χ4v) is 6.07. The van der Waals surface area contributed by atoms with Crippen molar-refractivity contribution < 1.29 is 22.5 Å². The van der Waals surface area contributed by atoms with Crippen molar-refractivity contribution in [3.8, 4) is 0 Å². The van der Waals surface area contributed by atoms with Gasteiger partial charge in [-0.25, -0.2) is 18.0 Å². The van der Waals surface area contributed by atoms with Crippen LogP contribution in [0.5, 0.6) is 0 Å². The van der Waals surface area contributed by atoms with Gasteiger partial charge in [-0.1, -0.05) is 25.7 Å². The van der Waals surface area contributed by atoms with Crippen molar-refractivity contribution >= 4 is 30.1 Å². The molecule has 0 saturated heterocycles. The van der Waals surface area contributed by atoms with Gasteiger partial charge in [-0.2, -0.15) is 0 Å². The van der Waals surface area contributed by atoms with E-state index in [1.165, 1.54) is 0 Å². The number of benzene rings is 1. The molecule has 2 saturated carbocycles. The van der Waals surface area contributed by atoms with E-state index >= 15 is 0 Å². The topological polar surface area (TPSA) is 105 Å². The van der Waals surface area contributed by atoms with Crippen LogP contribution in [0.1, 0.15) is 69.3 Å². The third-order valence-electron chi connectivity index (χ3n) is 7.77. The molecule has 2 aliphatic carbocycles. The molecule has 1 unspecified atom stereocenters. The normalized spacial score (nSPS) is 20.9. The number of fused-ring (bicyclic) bond motifs is 1. The lowest BCUT2D eigenvalue weighted by molar-refractivity contribution is -0.167. The van der Waals surface area contributed by atoms with Crippen LogP contribution in [0.4, 0.5) is 8.78 Å². The van der Waals surface area contributed by atoms with Crippen molar-refractivity contribution in [3.05, 3.63) is 29.6 Å². The Morgan fingerprint density at radius 1 is 1.26 bits per heavy atom. The Bertz CT molecular complexity index is 1140. The number of hydrogen-bond acceptors (Lipinski definition) is 5. The number of imidazole rings is 1. The highest BCUT2D eigenvalue weighted by Gasteiger charge is 2.46. The molecule has 0 radical (unpaired) electrons. The van der Waals surface area contributed by atoms with Gasteiger partial charge >= 0.3 is 0 Å². The summed E-state index contributed by atoms with van der Waals surface area (Å²) in [6.45, 7) is 11.8. The van der Waals surface area contributed by atoms with E-state index < -0.39 is 35.8 Å². The van der Waals surface area contributed by atoms with Crippen LogP contribution in [0.2, 0.25) is 25.7 Å². The van der Waals surface area contributed by atoms with E-state index in [9.17, 15) is 13.0 Å². The molecule has 2 aromatic rings. The van der Waals surface area contributed by atoms with Gasteiger partial charge < -0.3 is 19.8 Å². The molecule has 3 atom stereocenters. The van der Waals surface area contributed by atoms with Gasteiger partial charge in [0.1, 0.15) is 12.6 Å². The Kier molecular flexibility index (Phi) is 8.86. The van der Waals surface area contributed by atoms with Crippen LogP contribution in [0.25, 0.3) is 11.0 Å². The average Bonchev–Trinajstić information content (AvgIpc) is 3.58. The second kappa shape index (κ2) is 11.3. The summed E-state index contributed by atoms with van der Waals surface area (Å²) >= 11 is 0. The predicted octanol–water partition coefficient (Wildman–Crippen LogP) is 5.45. The second-order valence-corrected chi connectivity index (χ2v) is 20.4. The second-order valence-electron chi connectivity index (χ2n) is 13.0. The van der Waals surface area contributed by atoms with Crippen molar-refractivity contribution in [3.63, 3.8) is 0 Å². The number of ether oxygens (including phenoxy) is 2. The molecule has 1 aromatic carbocycles. The molecule has 0 spiro atoms. The maximum absolute atomic E-state index is 13.5. The van der Waals surface area contributed by atoms with Crippen LogP contribution in [-0.2, 0) is 27.2 Å². The number of nitrogens with two attached hydrogens (primary N) is 2. The lowest BCUT2D eigenvalue weighted by atomic mass is 9.90. The molecule has 0 aliphatic heterocycles. The summed E-state index contributed by atoms with van der Waals surface area (Å²) in [6, 6.07) is 7.16. The summed E-state index contributed by atoms with van der Waals surface area (Å²) in [7, 11) is -2.86. The Balaban J connectivity index is 1.66. The number of hydrogen-bond donors (Lipinski definition) is 2. The van der Waals surface area contributed by atoms with Crippen LogP contribution < -0.4 is 10.9 Å². The SMILES string of the molecule is CC(C)(C[C@@H](COC1CC(F)(F)C1)c1nc2ccc([C@H](N)C3CC3)cc2n1COCC[Si](C)(C)C)S(N)=O. The first-order valence-corrected chi connectivity index (χ1v) is 18.6. The van der Waals surface area contributed by atoms with Gasteiger partial charge in [0.25, 0.3) is 5.92 Å². The first kappa shape index (κ1) is 29.7. The van der Waals surface area contributed by atoms with E-state index in [0.717, 1.165) is 41.3 Å². The predicted molar refractivity (Wildman–Crippen MR) is 151 cm³/mol. The van der Waals surface area contributed by atoms with Crippen molar-refractivity contribution in [2.24, 2.45) is 16.8 Å². The molecule has 214 valence electrons. The van der Waals surface area contributed by atoms with Gasteiger partial charge in [-0.05, 0) is 62.8 Å². The van der Waals surface area contributed by atoms with E-state index in [-0.39, 0.29) is 31.4 Å². The lowest BCUT2D eigenvalue weighted by Crippen LogP contribution is -2.42. The Morgan fingerprint density at radius 2 is 1.95 bits per heavy atom. The van der Waals surface area contributed by atoms with Gasteiger partial charge in [-0.15, -0.1) is 0 Å². The van der Waals surface area contributed by atoms with Gasteiger partial charge in [0.2, 0.25) is 0 Å². The van der Waals surface area contributed by atoms with Crippen molar-refractivity contribution in [1.82, 2.24) is 9.55 Å². The van der Waals surface area contributed by atoms with E-state index in [2.05, 4.69) is 30.3 Å². The van der Waals surface area contributed by atoms with Gasteiger partial charge in [0.05, 0.1) is 39.5 Å². The number of halogens is 2. The van der Waals surface area contributed by atoms with Crippen LogP contribution in [0.3, 0.4) is 0 Å². The average molecular weight is 571 g/mol. The minimum atomic E-state index is -2.66.